The molecular weight excluding hydrogens is 472 g/mol. The lowest BCUT2D eigenvalue weighted by Crippen LogP contribution is -2.35. The lowest BCUT2D eigenvalue weighted by atomic mass is 10.0. The van der Waals surface area contributed by atoms with E-state index in [4.69, 9.17) is 21.1 Å². The van der Waals surface area contributed by atoms with Gasteiger partial charge in [0.2, 0.25) is 5.91 Å². The Hall–Kier alpha value is -3.37. The van der Waals surface area contributed by atoms with Crippen molar-refractivity contribution in [3.8, 4) is 11.4 Å². The molecule has 1 aromatic carbocycles. The van der Waals surface area contributed by atoms with Crippen molar-refractivity contribution in [2.24, 2.45) is 0 Å². The van der Waals surface area contributed by atoms with E-state index in [2.05, 4.69) is 25.3 Å². The van der Waals surface area contributed by atoms with Gasteiger partial charge in [-0.2, -0.15) is 5.10 Å². The predicted molar refractivity (Wildman–Crippen MR) is 128 cm³/mol. The Balaban J connectivity index is 1.34. The van der Waals surface area contributed by atoms with E-state index in [1.54, 1.807) is 23.3 Å². The van der Waals surface area contributed by atoms with Gasteiger partial charge in [-0.05, 0) is 31.4 Å². The molecule has 2 aliphatic rings. The molecule has 2 N–H and O–H groups in total. The Morgan fingerprint density at radius 1 is 1.29 bits per heavy atom. The van der Waals surface area contributed by atoms with Crippen LogP contribution in [0.4, 0.5) is 0 Å². The van der Waals surface area contributed by atoms with E-state index in [9.17, 15) is 9.59 Å². The lowest BCUT2D eigenvalue weighted by molar-refractivity contribution is -0.119. The van der Waals surface area contributed by atoms with E-state index < -0.39 is 0 Å². The molecule has 0 spiro atoms. The zero-order chi connectivity index (χ0) is 24.4. The Morgan fingerprint density at radius 3 is 3.03 bits per heavy atom. The second-order valence-electron chi connectivity index (χ2n) is 8.61. The largest absolute Gasteiger partial charge is 0.490 e. The maximum absolute atomic E-state index is 13.1. The molecule has 3 aromatic rings. The molecule has 184 valence electrons. The highest BCUT2D eigenvalue weighted by Crippen LogP contribution is 2.34. The molecule has 11 heteroatoms. The van der Waals surface area contributed by atoms with Crippen LogP contribution in [0, 0.1) is 0 Å². The molecular formula is C24H27ClN6O4. The van der Waals surface area contributed by atoms with E-state index in [-0.39, 0.29) is 24.5 Å². The number of hydrogen-bond acceptors (Lipinski definition) is 6. The van der Waals surface area contributed by atoms with Crippen LogP contribution in [0.25, 0.3) is 5.69 Å². The minimum atomic E-state index is -0.350. The quantitative estimate of drug-likeness (QED) is 0.484. The summed E-state index contributed by atoms with van der Waals surface area (Å²) in [5, 5.41) is 10.7. The summed E-state index contributed by atoms with van der Waals surface area (Å²) in [7, 11) is 0. The average Bonchev–Trinajstić information content (AvgIpc) is 3.48. The number of rotatable bonds is 7. The number of imidazole rings is 1. The molecule has 0 saturated heterocycles. The highest BCUT2D eigenvalue weighted by molar-refractivity contribution is 6.33. The number of fused-ring (bicyclic) bond motifs is 2. The summed E-state index contributed by atoms with van der Waals surface area (Å²) in [6, 6.07) is 5.08. The first-order chi connectivity index (χ1) is 17.0. The fourth-order valence-corrected chi connectivity index (χ4v) is 4.79. The van der Waals surface area contributed by atoms with Crippen LogP contribution < -0.4 is 15.4 Å². The van der Waals surface area contributed by atoms with E-state index >= 15 is 0 Å². The second kappa shape index (κ2) is 10.1. The average molecular weight is 499 g/mol. The topological polar surface area (TPSA) is 112 Å². The van der Waals surface area contributed by atoms with Gasteiger partial charge in [-0.15, -0.1) is 0 Å². The number of hydrogen-bond donors (Lipinski definition) is 2. The fraction of sp³-hybridized carbons (Fsp3) is 0.417. The molecule has 0 fully saturated rings. The molecule has 2 aliphatic heterocycles. The molecule has 0 bridgehead atoms. The van der Waals surface area contributed by atoms with Crippen molar-refractivity contribution in [1.29, 1.82) is 0 Å². The van der Waals surface area contributed by atoms with Gasteiger partial charge in [0.1, 0.15) is 23.1 Å². The van der Waals surface area contributed by atoms with E-state index in [0.29, 0.717) is 41.9 Å². The first-order valence-electron chi connectivity index (χ1n) is 11.7. The number of nitrogens with zero attached hydrogens (tertiary/aromatic N) is 4. The molecule has 2 amide bonds. The molecule has 0 saturated carbocycles. The van der Waals surface area contributed by atoms with Gasteiger partial charge in [0.25, 0.3) is 5.91 Å². The van der Waals surface area contributed by atoms with Gasteiger partial charge in [0.15, 0.2) is 0 Å². The van der Waals surface area contributed by atoms with Gasteiger partial charge in [0, 0.05) is 19.0 Å². The van der Waals surface area contributed by atoms with Crippen LogP contribution in [0.3, 0.4) is 0 Å². The first kappa shape index (κ1) is 23.4. The number of carbonyl (C=O) groups is 2. The minimum Gasteiger partial charge on any atom is -0.490 e. The maximum Gasteiger partial charge on any atom is 0.272 e. The lowest BCUT2D eigenvalue weighted by Gasteiger charge is -2.25. The molecule has 5 rings (SSSR count). The molecule has 10 nitrogen and oxygen atoms in total. The van der Waals surface area contributed by atoms with Crippen LogP contribution in [0.1, 0.15) is 53.2 Å². The number of halogens is 1. The van der Waals surface area contributed by atoms with E-state index in [0.717, 1.165) is 42.8 Å². The van der Waals surface area contributed by atoms with Crippen LogP contribution >= 0.6 is 11.6 Å². The molecule has 0 aliphatic carbocycles. The number of aromatic nitrogens is 4. The van der Waals surface area contributed by atoms with Crippen molar-refractivity contribution >= 4 is 23.4 Å². The molecule has 1 atom stereocenters. The molecule has 2 aromatic heterocycles. The van der Waals surface area contributed by atoms with E-state index in [1.807, 2.05) is 12.1 Å². The smallest absolute Gasteiger partial charge is 0.272 e. The van der Waals surface area contributed by atoms with Crippen molar-refractivity contribution in [3.63, 3.8) is 0 Å². The Labute approximate surface area is 207 Å². The monoisotopic (exact) mass is 498 g/mol. The SMILES string of the molecule is CC(=O)NCCOc1cccc(-n2ncc3c2COCC3NC(=O)c2ncn3c2CCCC3)c1Cl. The number of amides is 2. The molecule has 0 radical (unpaired) electrons. The third-order valence-corrected chi connectivity index (χ3v) is 6.61. The summed E-state index contributed by atoms with van der Waals surface area (Å²) in [4.78, 5) is 28.5. The molecule has 35 heavy (non-hydrogen) atoms. The standard InChI is InChI=1S/C24H27ClN6O4/c1-15(32)26-8-10-35-21-7-4-6-18(22(21)25)31-20-13-34-12-17(16(20)11-28-31)29-24(33)23-19-5-2-3-9-30(19)14-27-23/h4,6-7,11,14,17H,2-3,5,8-10,12-13H2,1H3,(H,26,32)(H,29,33). The summed E-state index contributed by atoms with van der Waals surface area (Å²) in [6.45, 7) is 3.70. The number of aryl methyl sites for hydroxylation is 1. The zero-order valence-corrected chi connectivity index (χ0v) is 20.2. The summed E-state index contributed by atoms with van der Waals surface area (Å²) in [5.41, 5.74) is 3.81. The summed E-state index contributed by atoms with van der Waals surface area (Å²) in [5.74, 6) is 0.165. The summed E-state index contributed by atoms with van der Waals surface area (Å²) >= 11 is 6.65. The number of benzene rings is 1. The zero-order valence-electron chi connectivity index (χ0n) is 19.4. The normalized spacial score (nSPS) is 16.8. The van der Waals surface area contributed by atoms with Crippen molar-refractivity contribution in [2.45, 2.75) is 45.4 Å². The molecule has 1 unspecified atom stereocenters. The van der Waals surface area contributed by atoms with Gasteiger partial charge >= 0.3 is 0 Å². The summed E-state index contributed by atoms with van der Waals surface area (Å²) in [6.07, 6.45) is 6.51. The van der Waals surface area contributed by atoms with Gasteiger partial charge < -0.3 is 24.7 Å². The van der Waals surface area contributed by atoms with Crippen molar-refractivity contribution < 1.29 is 19.1 Å². The molecule has 4 heterocycles. The van der Waals surface area contributed by atoms with Crippen LogP contribution in [0.2, 0.25) is 5.02 Å². The number of carbonyl (C=O) groups excluding carboxylic acids is 2. The Bertz CT molecular complexity index is 1250. The fourth-order valence-electron chi connectivity index (χ4n) is 4.53. The van der Waals surface area contributed by atoms with Gasteiger partial charge in [-0.3, -0.25) is 9.59 Å². The maximum atomic E-state index is 13.1. The van der Waals surface area contributed by atoms with Gasteiger partial charge in [-0.25, -0.2) is 9.67 Å². The Morgan fingerprint density at radius 2 is 2.17 bits per heavy atom. The highest BCUT2D eigenvalue weighted by atomic mass is 35.5. The summed E-state index contributed by atoms with van der Waals surface area (Å²) < 4.78 is 15.3. The van der Waals surface area contributed by atoms with Crippen LogP contribution in [0.5, 0.6) is 5.75 Å². The number of ether oxygens (including phenoxy) is 2. The van der Waals surface area contributed by atoms with Gasteiger partial charge in [0.05, 0.1) is 55.4 Å². The first-order valence-corrected chi connectivity index (χ1v) is 12.1. The van der Waals surface area contributed by atoms with E-state index in [1.165, 1.54) is 6.92 Å². The third kappa shape index (κ3) is 4.76. The predicted octanol–water partition coefficient (Wildman–Crippen LogP) is 2.57. The van der Waals surface area contributed by atoms with Crippen molar-refractivity contribution in [1.82, 2.24) is 30.0 Å². The second-order valence-corrected chi connectivity index (χ2v) is 8.99. The highest BCUT2D eigenvalue weighted by Gasteiger charge is 2.29. The number of nitrogens with one attached hydrogen (secondary N) is 2. The van der Waals surface area contributed by atoms with Crippen LogP contribution in [0.15, 0.2) is 30.7 Å². The van der Waals surface area contributed by atoms with Crippen LogP contribution in [-0.4, -0.2) is 50.9 Å². The third-order valence-electron chi connectivity index (χ3n) is 6.23. The van der Waals surface area contributed by atoms with Crippen molar-refractivity contribution in [3.05, 3.63) is 58.4 Å². The Kier molecular flexibility index (Phi) is 6.74. The van der Waals surface area contributed by atoms with Gasteiger partial charge in [-0.1, -0.05) is 17.7 Å². The minimum absolute atomic E-state index is 0.119. The van der Waals surface area contributed by atoms with Crippen LogP contribution in [-0.2, 0) is 29.1 Å². The van der Waals surface area contributed by atoms with Crippen molar-refractivity contribution in [2.75, 3.05) is 19.8 Å².